The zero-order valence-electron chi connectivity index (χ0n) is 10.3. The molecule has 15 heavy (non-hydrogen) atoms. The lowest BCUT2D eigenvalue weighted by molar-refractivity contribution is -0.0356. The minimum Gasteiger partial charge on any atom is -0.392 e. The molecule has 3 heteroatoms. The van der Waals surface area contributed by atoms with Crippen molar-refractivity contribution in [2.45, 2.75) is 58.2 Å². The highest BCUT2D eigenvalue weighted by atomic mass is 16.5. The summed E-state index contributed by atoms with van der Waals surface area (Å²) < 4.78 is 5.70. The van der Waals surface area contributed by atoms with E-state index in [2.05, 4.69) is 0 Å². The van der Waals surface area contributed by atoms with Gasteiger partial charge in [-0.05, 0) is 40.0 Å². The van der Waals surface area contributed by atoms with Crippen LogP contribution in [0.5, 0.6) is 0 Å². The van der Waals surface area contributed by atoms with E-state index < -0.39 is 0 Å². The van der Waals surface area contributed by atoms with Gasteiger partial charge in [-0.25, -0.2) is 0 Å². The molecular formula is C12H25NO2. The van der Waals surface area contributed by atoms with Gasteiger partial charge < -0.3 is 15.6 Å². The van der Waals surface area contributed by atoms with Gasteiger partial charge in [0.25, 0.3) is 0 Å². The van der Waals surface area contributed by atoms with Crippen molar-refractivity contribution in [2.75, 3.05) is 13.2 Å². The van der Waals surface area contributed by atoms with Gasteiger partial charge >= 0.3 is 0 Å². The van der Waals surface area contributed by atoms with Crippen LogP contribution in [-0.2, 0) is 4.74 Å². The predicted molar refractivity (Wildman–Crippen MR) is 61.7 cm³/mol. The van der Waals surface area contributed by atoms with Crippen molar-refractivity contribution >= 4 is 0 Å². The first-order valence-electron chi connectivity index (χ1n) is 5.92. The summed E-state index contributed by atoms with van der Waals surface area (Å²) in [6.45, 7) is 7.41. The second-order valence-electron chi connectivity index (χ2n) is 5.69. The lowest BCUT2D eigenvalue weighted by Gasteiger charge is -2.32. The molecule has 3 nitrogen and oxygen atoms in total. The van der Waals surface area contributed by atoms with E-state index >= 15 is 0 Å². The summed E-state index contributed by atoms with van der Waals surface area (Å²) in [6, 6.07) is 0. The molecule has 1 aliphatic carbocycles. The number of rotatable bonds is 4. The van der Waals surface area contributed by atoms with Gasteiger partial charge in [-0.2, -0.15) is 0 Å². The molecule has 0 aliphatic heterocycles. The first-order valence-corrected chi connectivity index (χ1v) is 5.92. The van der Waals surface area contributed by atoms with E-state index in [1.165, 1.54) is 0 Å². The lowest BCUT2D eigenvalue weighted by Crippen LogP contribution is -2.39. The zero-order valence-corrected chi connectivity index (χ0v) is 10.3. The van der Waals surface area contributed by atoms with E-state index in [9.17, 15) is 5.11 Å². The molecule has 0 spiro atoms. The van der Waals surface area contributed by atoms with Gasteiger partial charge in [-0.3, -0.25) is 0 Å². The maximum Gasteiger partial charge on any atom is 0.0609 e. The molecule has 1 saturated carbocycles. The van der Waals surface area contributed by atoms with Gasteiger partial charge in [0.05, 0.1) is 11.7 Å². The van der Waals surface area contributed by atoms with Crippen LogP contribution >= 0.6 is 0 Å². The third kappa shape index (κ3) is 3.44. The standard InChI is InChI=1S/C12H25NO2/c1-11(2,3)15-8-7-12(9-13)6-4-5-10(12)14/h10,14H,4-9,13H2,1-3H3. The molecule has 0 amide bonds. The van der Waals surface area contributed by atoms with Gasteiger partial charge in [0, 0.05) is 18.6 Å². The summed E-state index contributed by atoms with van der Waals surface area (Å²) in [4.78, 5) is 0. The second-order valence-corrected chi connectivity index (χ2v) is 5.69. The van der Waals surface area contributed by atoms with Crippen molar-refractivity contribution in [3.8, 4) is 0 Å². The third-order valence-corrected chi connectivity index (χ3v) is 3.40. The molecule has 1 rings (SSSR count). The van der Waals surface area contributed by atoms with Crippen LogP contribution in [0.25, 0.3) is 0 Å². The van der Waals surface area contributed by atoms with Crippen LogP contribution in [0.1, 0.15) is 46.5 Å². The fourth-order valence-electron chi connectivity index (χ4n) is 2.31. The number of ether oxygens (including phenoxy) is 1. The first kappa shape index (κ1) is 12.9. The van der Waals surface area contributed by atoms with Gasteiger partial charge in [-0.1, -0.05) is 6.42 Å². The van der Waals surface area contributed by atoms with Gasteiger partial charge in [0.2, 0.25) is 0 Å². The van der Waals surface area contributed by atoms with Crippen LogP contribution in [0.15, 0.2) is 0 Å². The van der Waals surface area contributed by atoms with Crippen LogP contribution in [-0.4, -0.2) is 30.0 Å². The van der Waals surface area contributed by atoms with E-state index in [0.717, 1.165) is 25.7 Å². The SMILES string of the molecule is CC(C)(C)OCCC1(CN)CCCC1O. The maximum absolute atomic E-state index is 9.93. The molecule has 1 fully saturated rings. The Morgan fingerprint density at radius 1 is 1.47 bits per heavy atom. The largest absolute Gasteiger partial charge is 0.392 e. The van der Waals surface area contributed by atoms with Crippen LogP contribution in [0.2, 0.25) is 0 Å². The fraction of sp³-hybridized carbons (Fsp3) is 1.00. The fourth-order valence-corrected chi connectivity index (χ4v) is 2.31. The molecule has 0 aromatic carbocycles. The molecular weight excluding hydrogens is 190 g/mol. The Labute approximate surface area is 93.0 Å². The average molecular weight is 215 g/mol. The van der Waals surface area contributed by atoms with E-state index in [-0.39, 0.29) is 17.1 Å². The van der Waals surface area contributed by atoms with Crippen molar-refractivity contribution in [1.82, 2.24) is 0 Å². The van der Waals surface area contributed by atoms with Gasteiger partial charge in [0.1, 0.15) is 0 Å². The van der Waals surface area contributed by atoms with E-state index in [1.54, 1.807) is 0 Å². The summed E-state index contributed by atoms with van der Waals surface area (Å²) in [7, 11) is 0. The molecule has 2 atom stereocenters. The van der Waals surface area contributed by atoms with Crippen LogP contribution in [0.3, 0.4) is 0 Å². The van der Waals surface area contributed by atoms with Crippen molar-refractivity contribution in [3.05, 3.63) is 0 Å². The number of aliphatic hydroxyl groups is 1. The van der Waals surface area contributed by atoms with E-state index in [1.807, 2.05) is 20.8 Å². The molecule has 90 valence electrons. The number of hydrogen-bond acceptors (Lipinski definition) is 3. The third-order valence-electron chi connectivity index (χ3n) is 3.40. The molecule has 0 saturated heterocycles. The van der Waals surface area contributed by atoms with Crippen LogP contribution in [0, 0.1) is 5.41 Å². The molecule has 3 N–H and O–H groups in total. The summed E-state index contributed by atoms with van der Waals surface area (Å²) in [5.41, 5.74) is 5.62. The smallest absolute Gasteiger partial charge is 0.0609 e. The molecule has 1 aliphatic rings. The summed E-state index contributed by atoms with van der Waals surface area (Å²) in [5.74, 6) is 0. The Kier molecular flexibility index (Phi) is 4.15. The Morgan fingerprint density at radius 3 is 2.53 bits per heavy atom. The molecule has 0 heterocycles. The molecule has 0 aromatic rings. The normalized spacial score (nSPS) is 32.2. The van der Waals surface area contributed by atoms with Crippen molar-refractivity contribution in [3.63, 3.8) is 0 Å². The number of hydrogen-bond donors (Lipinski definition) is 2. The molecule has 0 bridgehead atoms. The highest BCUT2D eigenvalue weighted by Gasteiger charge is 2.40. The minimum absolute atomic E-state index is 0.0781. The lowest BCUT2D eigenvalue weighted by atomic mass is 9.81. The van der Waals surface area contributed by atoms with Crippen molar-refractivity contribution in [1.29, 1.82) is 0 Å². The summed E-state index contributed by atoms with van der Waals surface area (Å²) in [6.07, 6.45) is 3.67. The maximum atomic E-state index is 9.93. The molecule has 0 aromatic heterocycles. The average Bonchev–Trinajstić information content (AvgIpc) is 2.46. The van der Waals surface area contributed by atoms with Crippen LogP contribution < -0.4 is 5.73 Å². The summed E-state index contributed by atoms with van der Waals surface area (Å²) >= 11 is 0. The Bertz CT molecular complexity index is 200. The Balaban J connectivity index is 2.41. The van der Waals surface area contributed by atoms with E-state index in [0.29, 0.717) is 13.2 Å². The highest BCUT2D eigenvalue weighted by Crippen LogP contribution is 2.40. The number of nitrogens with two attached hydrogens (primary N) is 1. The topological polar surface area (TPSA) is 55.5 Å². The highest BCUT2D eigenvalue weighted by molar-refractivity contribution is 4.92. The summed E-state index contributed by atoms with van der Waals surface area (Å²) in [5, 5.41) is 9.93. The number of aliphatic hydroxyl groups excluding tert-OH is 1. The molecule has 0 radical (unpaired) electrons. The predicted octanol–water partition coefficient (Wildman–Crippen LogP) is 1.68. The van der Waals surface area contributed by atoms with Gasteiger partial charge in [0.15, 0.2) is 0 Å². The van der Waals surface area contributed by atoms with Crippen LogP contribution in [0.4, 0.5) is 0 Å². The minimum atomic E-state index is -0.230. The zero-order chi connectivity index (χ0) is 11.5. The Hall–Kier alpha value is -0.120. The van der Waals surface area contributed by atoms with E-state index in [4.69, 9.17) is 10.5 Å². The molecule has 2 unspecified atom stereocenters. The first-order chi connectivity index (χ1) is 6.90. The quantitative estimate of drug-likeness (QED) is 0.750. The second kappa shape index (κ2) is 4.81. The van der Waals surface area contributed by atoms with Crippen molar-refractivity contribution in [2.24, 2.45) is 11.1 Å². The van der Waals surface area contributed by atoms with Crippen molar-refractivity contribution < 1.29 is 9.84 Å². The van der Waals surface area contributed by atoms with Gasteiger partial charge in [-0.15, -0.1) is 0 Å². The Morgan fingerprint density at radius 2 is 2.13 bits per heavy atom. The monoisotopic (exact) mass is 215 g/mol.